The minimum absolute atomic E-state index is 0.0159. The van der Waals surface area contributed by atoms with E-state index < -0.39 is 17.8 Å². The van der Waals surface area contributed by atoms with Crippen LogP contribution in [-0.4, -0.2) is 54.7 Å². The van der Waals surface area contributed by atoms with Gasteiger partial charge in [-0.15, -0.1) is 0 Å². The van der Waals surface area contributed by atoms with Crippen molar-refractivity contribution in [2.24, 2.45) is 0 Å². The Bertz CT molecular complexity index is 1210. The highest BCUT2D eigenvalue weighted by Crippen LogP contribution is 2.38. The van der Waals surface area contributed by atoms with Gasteiger partial charge in [0.25, 0.3) is 0 Å². The fourth-order valence-electron chi connectivity index (χ4n) is 4.32. The molecule has 188 valence electrons. The SMILES string of the molecule is CCN1CCN(c2cc3c(NC(C)c4cc(N)cc(C(F)(F)F)c4)nc(Cl)nc3cc2OC)CC1. The van der Waals surface area contributed by atoms with Gasteiger partial charge in [-0.1, -0.05) is 6.92 Å². The van der Waals surface area contributed by atoms with E-state index in [1.165, 1.54) is 6.07 Å². The zero-order valence-electron chi connectivity index (χ0n) is 19.8. The molecule has 0 amide bonds. The molecule has 1 unspecified atom stereocenters. The maximum absolute atomic E-state index is 13.3. The summed E-state index contributed by atoms with van der Waals surface area (Å²) in [6.07, 6.45) is -4.50. The van der Waals surface area contributed by atoms with Crippen LogP contribution in [0.5, 0.6) is 5.75 Å². The number of benzene rings is 2. The Morgan fingerprint density at radius 2 is 1.83 bits per heavy atom. The minimum atomic E-state index is -4.50. The Morgan fingerprint density at radius 1 is 1.11 bits per heavy atom. The van der Waals surface area contributed by atoms with Crippen LogP contribution < -0.4 is 20.7 Å². The third-order valence-corrected chi connectivity index (χ3v) is 6.46. The number of methoxy groups -OCH3 is 1. The average Bonchev–Trinajstić information content (AvgIpc) is 2.82. The molecular weight excluding hydrogens is 481 g/mol. The number of aromatic nitrogens is 2. The summed E-state index contributed by atoms with van der Waals surface area (Å²) >= 11 is 6.19. The molecular formula is C24H28ClF3N6O. The molecule has 2 heterocycles. The summed E-state index contributed by atoms with van der Waals surface area (Å²) in [7, 11) is 1.61. The Kier molecular flexibility index (Phi) is 7.14. The number of nitrogen functional groups attached to an aromatic ring is 1. The van der Waals surface area contributed by atoms with Crippen LogP contribution in [0.15, 0.2) is 30.3 Å². The second-order valence-corrected chi connectivity index (χ2v) is 8.89. The van der Waals surface area contributed by atoms with E-state index in [0.29, 0.717) is 28.0 Å². The van der Waals surface area contributed by atoms with Gasteiger partial charge in [0, 0.05) is 43.3 Å². The molecule has 35 heavy (non-hydrogen) atoms. The van der Waals surface area contributed by atoms with Gasteiger partial charge in [-0.05, 0) is 54.9 Å². The monoisotopic (exact) mass is 508 g/mol. The Morgan fingerprint density at radius 3 is 2.46 bits per heavy atom. The summed E-state index contributed by atoms with van der Waals surface area (Å²) in [5.41, 5.74) is 6.84. The van der Waals surface area contributed by atoms with E-state index in [0.717, 1.165) is 50.5 Å². The molecule has 0 spiro atoms. The van der Waals surface area contributed by atoms with Crippen LogP contribution in [0.25, 0.3) is 10.9 Å². The predicted octanol–water partition coefficient (Wildman–Crippen LogP) is 5.21. The summed E-state index contributed by atoms with van der Waals surface area (Å²) < 4.78 is 45.6. The zero-order chi connectivity index (χ0) is 25.3. The Labute approximate surface area is 207 Å². The number of piperazine rings is 1. The van der Waals surface area contributed by atoms with Crippen LogP contribution in [-0.2, 0) is 6.18 Å². The molecule has 0 radical (unpaired) electrons. The van der Waals surface area contributed by atoms with E-state index in [-0.39, 0.29) is 11.0 Å². The maximum atomic E-state index is 13.3. The summed E-state index contributed by atoms with van der Waals surface area (Å²) in [6.45, 7) is 8.44. The van der Waals surface area contributed by atoms with Crippen molar-refractivity contribution in [1.82, 2.24) is 14.9 Å². The van der Waals surface area contributed by atoms with Gasteiger partial charge in [0.2, 0.25) is 5.28 Å². The first-order chi connectivity index (χ1) is 16.6. The average molecular weight is 509 g/mol. The Hall–Kier alpha value is -2.98. The number of alkyl halides is 3. The van der Waals surface area contributed by atoms with Crippen LogP contribution in [0.2, 0.25) is 5.28 Å². The topological polar surface area (TPSA) is 79.5 Å². The molecule has 11 heteroatoms. The van der Waals surface area contributed by atoms with Crippen LogP contribution in [0.3, 0.4) is 0 Å². The summed E-state index contributed by atoms with van der Waals surface area (Å²) in [4.78, 5) is 13.3. The van der Waals surface area contributed by atoms with Crippen molar-refractivity contribution < 1.29 is 17.9 Å². The summed E-state index contributed by atoms with van der Waals surface area (Å²) in [6, 6.07) is 6.74. The van der Waals surface area contributed by atoms with E-state index >= 15 is 0 Å². The molecule has 3 aromatic rings. The Balaban J connectivity index is 1.72. The number of nitrogens with two attached hydrogens (primary N) is 1. The quantitative estimate of drug-likeness (QED) is 0.349. The van der Waals surface area contributed by atoms with Crippen molar-refractivity contribution in [2.75, 3.05) is 55.8 Å². The van der Waals surface area contributed by atoms with E-state index in [1.807, 2.05) is 12.1 Å². The molecule has 0 bridgehead atoms. The number of likely N-dealkylation sites (N-methyl/N-ethyl adjacent to an activating group) is 1. The lowest BCUT2D eigenvalue weighted by molar-refractivity contribution is -0.137. The van der Waals surface area contributed by atoms with Crippen molar-refractivity contribution in [3.05, 3.63) is 46.7 Å². The highest BCUT2D eigenvalue weighted by atomic mass is 35.5. The van der Waals surface area contributed by atoms with Crippen LogP contribution in [0, 0.1) is 0 Å². The number of halogens is 4. The second-order valence-electron chi connectivity index (χ2n) is 8.56. The van der Waals surface area contributed by atoms with E-state index in [1.54, 1.807) is 14.0 Å². The largest absolute Gasteiger partial charge is 0.495 e. The number of ether oxygens (including phenoxy) is 1. The van der Waals surface area contributed by atoms with Gasteiger partial charge in [-0.3, -0.25) is 0 Å². The van der Waals surface area contributed by atoms with E-state index in [2.05, 4.69) is 32.0 Å². The second kappa shape index (κ2) is 9.94. The first kappa shape index (κ1) is 25.1. The molecule has 3 N–H and O–H groups in total. The lowest BCUT2D eigenvalue weighted by atomic mass is 10.0. The van der Waals surface area contributed by atoms with Gasteiger partial charge < -0.3 is 25.6 Å². The van der Waals surface area contributed by atoms with Gasteiger partial charge >= 0.3 is 6.18 Å². The van der Waals surface area contributed by atoms with E-state index in [4.69, 9.17) is 22.1 Å². The number of hydrogen-bond acceptors (Lipinski definition) is 7. The molecule has 1 aliphatic rings. The minimum Gasteiger partial charge on any atom is -0.495 e. The van der Waals surface area contributed by atoms with Gasteiger partial charge in [0.1, 0.15) is 11.6 Å². The number of anilines is 3. The van der Waals surface area contributed by atoms with Crippen LogP contribution >= 0.6 is 11.6 Å². The van der Waals surface area contributed by atoms with Crippen molar-refractivity contribution in [3.63, 3.8) is 0 Å². The van der Waals surface area contributed by atoms with Crippen LogP contribution in [0.4, 0.5) is 30.4 Å². The summed E-state index contributed by atoms with van der Waals surface area (Å²) in [5.74, 6) is 1.08. The van der Waals surface area contributed by atoms with Gasteiger partial charge in [-0.2, -0.15) is 13.2 Å². The van der Waals surface area contributed by atoms with Crippen molar-refractivity contribution in [1.29, 1.82) is 0 Å². The van der Waals surface area contributed by atoms with Crippen molar-refractivity contribution >= 4 is 39.7 Å². The summed E-state index contributed by atoms with van der Waals surface area (Å²) in [5, 5.41) is 3.91. The first-order valence-corrected chi connectivity index (χ1v) is 11.7. The van der Waals surface area contributed by atoms with Crippen molar-refractivity contribution in [3.8, 4) is 5.75 Å². The molecule has 0 saturated carbocycles. The molecule has 1 aliphatic heterocycles. The van der Waals surface area contributed by atoms with Gasteiger partial charge in [0.15, 0.2) is 0 Å². The lowest BCUT2D eigenvalue weighted by Gasteiger charge is -2.36. The molecule has 1 atom stereocenters. The molecule has 1 aromatic heterocycles. The van der Waals surface area contributed by atoms with Gasteiger partial charge in [0.05, 0.1) is 29.9 Å². The maximum Gasteiger partial charge on any atom is 0.416 e. The van der Waals surface area contributed by atoms with E-state index in [9.17, 15) is 13.2 Å². The smallest absolute Gasteiger partial charge is 0.416 e. The highest BCUT2D eigenvalue weighted by Gasteiger charge is 2.31. The predicted molar refractivity (Wildman–Crippen MR) is 133 cm³/mol. The fourth-order valence-corrected chi connectivity index (χ4v) is 4.50. The number of hydrogen-bond donors (Lipinski definition) is 2. The molecule has 1 saturated heterocycles. The van der Waals surface area contributed by atoms with Gasteiger partial charge in [-0.25, -0.2) is 9.97 Å². The normalized spacial score (nSPS) is 15.9. The molecule has 1 fully saturated rings. The molecule has 4 rings (SSSR count). The third kappa shape index (κ3) is 5.48. The first-order valence-electron chi connectivity index (χ1n) is 11.4. The molecule has 7 nitrogen and oxygen atoms in total. The molecule has 2 aromatic carbocycles. The lowest BCUT2D eigenvalue weighted by Crippen LogP contribution is -2.46. The standard InChI is InChI=1S/C24H28ClF3N6O/c1-4-33-5-7-34(8-6-33)20-12-18-19(13-21(20)35-3)31-23(25)32-22(18)30-14(2)15-9-16(24(26,27)28)11-17(29)10-15/h9-14H,4-8,29H2,1-3H3,(H,30,31,32). The van der Waals surface area contributed by atoms with Crippen molar-refractivity contribution in [2.45, 2.75) is 26.1 Å². The third-order valence-electron chi connectivity index (χ3n) is 6.29. The fraction of sp³-hybridized carbons (Fsp3) is 0.417. The number of fused-ring (bicyclic) bond motifs is 1. The number of nitrogens with one attached hydrogen (secondary N) is 1. The number of rotatable bonds is 6. The molecule has 0 aliphatic carbocycles. The highest BCUT2D eigenvalue weighted by molar-refractivity contribution is 6.28. The van der Waals surface area contributed by atoms with Crippen LogP contribution in [0.1, 0.15) is 31.0 Å². The number of nitrogens with zero attached hydrogens (tertiary/aromatic N) is 4. The zero-order valence-corrected chi connectivity index (χ0v) is 20.5.